The Hall–Kier alpha value is -4.46. The minimum absolute atomic E-state index is 0.240. The van der Waals surface area contributed by atoms with E-state index in [4.69, 9.17) is 9.47 Å². The maximum atomic E-state index is 14.6. The number of fused-ring (bicyclic) bond motifs is 1. The number of pyridine rings is 2. The van der Waals surface area contributed by atoms with E-state index in [1.807, 2.05) is 0 Å². The highest BCUT2D eigenvalue weighted by molar-refractivity contribution is 7.87. The van der Waals surface area contributed by atoms with E-state index in [9.17, 15) is 26.5 Å². The molecule has 2 N–H and O–H groups in total. The Morgan fingerprint density at radius 2 is 1.85 bits per heavy atom. The molecule has 4 aromatic rings. The molecule has 0 atom stereocenters. The Kier molecular flexibility index (Phi) is 8.67. The van der Waals surface area contributed by atoms with Gasteiger partial charge >= 0.3 is 10.3 Å². The van der Waals surface area contributed by atoms with Crippen molar-refractivity contribution in [1.82, 2.24) is 15.3 Å². The predicted molar refractivity (Wildman–Crippen MR) is 145 cm³/mol. The van der Waals surface area contributed by atoms with Gasteiger partial charge in [0.2, 0.25) is 11.8 Å². The molecule has 0 radical (unpaired) electrons. The van der Waals surface area contributed by atoms with E-state index in [1.165, 1.54) is 32.6 Å². The average Bonchev–Trinajstić information content (AvgIpc) is 2.92. The molecule has 2 aromatic carbocycles. The molecule has 1 amide bonds. The molecule has 10 nitrogen and oxygen atoms in total. The molecule has 208 valence electrons. The highest BCUT2D eigenvalue weighted by Gasteiger charge is 2.29. The van der Waals surface area contributed by atoms with Crippen LogP contribution in [0.1, 0.15) is 5.56 Å². The number of benzene rings is 2. The molecule has 0 saturated heterocycles. The van der Waals surface area contributed by atoms with Crippen LogP contribution in [0.4, 0.5) is 20.2 Å². The Balaban J connectivity index is 1.80. The number of carbonyl (C=O) groups is 1. The SMILES string of the molecule is COCCNC(=O)/C=C/c1ccnc2ccc(-c3cnc(OC)c(N(c4ccc(F)cc4F)S(=O)(=O)O)c3)cc12. The number of amides is 1. The summed E-state index contributed by atoms with van der Waals surface area (Å²) in [4.78, 5) is 20.6. The standard InChI is InChI=1S/C27H24F2N4O6S/c1-38-12-11-31-26(34)8-4-17-9-10-30-23-6-3-18(13-21(17)23)19-14-25(27(39-2)32-16-19)33(40(35,36)37)24-7-5-20(28)15-22(24)29/h3-10,13-16H,11-12H2,1-2H3,(H,31,34)(H,35,36,37)/b8-4+. The third kappa shape index (κ3) is 6.39. The molecule has 40 heavy (non-hydrogen) atoms. The molecule has 0 fully saturated rings. The predicted octanol–water partition coefficient (Wildman–Crippen LogP) is 4.30. The van der Waals surface area contributed by atoms with Crippen molar-refractivity contribution < 1.29 is 36.0 Å². The second kappa shape index (κ2) is 12.2. The number of rotatable bonds is 10. The van der Waals surface area contributed by atoms with E-state index in [0.29, 0.717) is 46.8 Å². The second-order valence-electron chi connectivity index (χ2n) is 8.34. The van der Waals surface area contributed by atoms with Crippen LogP contribution < -0.4 is 14.4 Å². The monoisotopic (exact) mass is 570 g/mol. The van der Waals surface area contributed by atoms with Gasteiger partial charge in [-0.15, -0.1) is 0 Å². The minimum Gasteiger partial charge on any atom is -0.479 e. The summed E-state index contributed by atoms with van der Waals surface area (Å²) in [6, 6.07) is 10.5. The number of hydrogen-bond donors (Lipinski definition) is 2. The van der Waals surface area contributed by atoms with Crippen LogP contribution in [0, 0.1) is 11.6 Å². The Bertz CT molecular complexity index is 1700. The largest absolute Gasteiger partial charge is 0.479 e. The van der Waals surface area contributed by atoms with Gasteiger partial charge in [-0.1, -0.05) is 6.07 Å². The molecular weight excluding hydrogens is 546 g/mol. The van der Waals surface area contributed by atoms with E-state index in [2.05, 4.69) is 15.3 Å². The van der Waals surface area contributed by atoms with Crippen LogP contribution in [0.3, 0.4) is 0 Å². The fourth-order valence-electron chi connectivity index (χ4n) is 3.92. The Morgan fingerprint density at radius 1 is 1.05 bits per heavy atom. The van der Waals surface area contributed by atoms with Crippen LogP contribution in [-0.4, -0.2) is 56.2 Å². The maximum absolute atomic E-state index is 14.6. The number of anilines is 2. The summed E-state index contributed by atoms with van der Waals surface area (Å²) in [5.41, 5.74) is 1.30. The first-order valence-corrected chi connectivity index (χ1v) is 13.1. The Labute approximate surface area is 228 Å². The summed E-state index contributed by atoms with van der Waals surface area (Å²) in [5, 5.41) is 3.37. The molecule has 2 heterocycles. The van der Waals surface area contributed by atoms with Gasteiger partial charge in [0.25, 0.3) is 0 Å². The molecule has 4 rings (SSSR count). The lowest BCUT2D eigenvalue weighted by Gasteiger charge is -2.23. The fraction of sp³-hybridized carbons (Fsp3) is 0.148. The summed E-state index contributed by atoms with van der Waals surface area (Å²) >= 11 is 0. The van der Waals surface area contributed by atoms with E-state index in [-0.39, 0.29) is 21.8 Å². The number of methoxy groups -OCH3 is 2. The lowest BCUT2D eigenvalue weighted by molar-refractivity contribution is -0.116. The first-order chi connectivity index (χ1) is 19.1. The number of ether oxygens (including phenoxy) is 2. The first kappa shape index (κ1) is 28.5. The van der Waals surface area contributed by atoms with Crippen LogP contribution >= 0.6 is 0 Å². The van der Waals surface area contributed by atoms with Gasteiger partial charge < -0.3 is 14.8 Å². The van der Waals surface area contributed by atoms with Crippen molar-refractivity contribution in [3.05, 3.63) is 84.2 Å². The molecule has 0 aliphatic rings. The number of nitrogens with zero attached hydrogens (tertiary/aromatic N) is 3. The molecule has 0 spiro atoms. The molecular formula is C27H24F2N4O6S. The minimum atomic E-state index is -5.12. The summed E-state index contributed by atoms with van der Waals surface area (Å²) in [7, 11) is -2.36. The van der Waals surface area contributed by atoms with Gasteiger partial charge in [-0.2, -0.15) is 8.42 Å². The van der Waals surface area contributed by atoms with Crippen LogP contribution in [-0.2, 0) is 19.8 Å². The van der Waals surface area contributed by atoms with Crippen molar-refractivity contribution in [3.8, 4) is 17.0 Å². The normalized spacial score (nSPS) is 11.6. The maximum Gasteiger partial charge on any atom is 0.364 e. The average molecular weight is 571 g/mol. The molecule has 0 bridgehead atoms. The van der Waals surface area contributed by atoms with E-state index in [1.54, 1.807) is 36.5 Å². The van der Waals surface area contributed by atoms with Crippen molar-refractivity contribution in [2.45, 2.75) is 0 Å². The molecule has 2 aromatic heterocycles. The van der Waals surface area contributed by atoms with Crippen LogP contribution in [0.2, 0.25) is 0 Å². The number of nitrogens with one attached hydrogen (secondary N) is 1. The summed E-state index contributed by atoms with van der Waals surface area (Å²) < 4.78 is 73.3. The lowest BCUT2D eigenvalue weighted by atomic mass is 10.0. The number of halogens is 2. The molecule has 0 saturated carbocycles. The van der Waals surface area contributed by atoms with E-state index < -0.39 is 27.6 Å². The molecule has 0 aliphatic carbocycles. The van der Waals surface area contributed by atoms with Crippen molar-refractivity contribution in [2.75, 3.05) is 31.7 Å². The summed E-state index contributed by atoms with van der Waals surface area (Å²) in [5.74, 6) is -2.71. The highest BCUT2D eigenvalue weighted by Crippen LogP contribution is 2.39. The van der Waals surface area contributed by atoms with Crippen molar-refractivity contribution in [3.63, 3.8) is 0 Å². The van der Waals surface area contributed by atoms with E-state index in [0.717, 1.165) is 12.1 Å². The van der Waals surface area contributed by atoms with Gasteiger partial charge in [0, 0.05) is 49.1 Å². The third-order valence-electron chi connectivity index (χ3n) is 5.73. The molecule has 0 aliphatic heterocycles. The molecule has 0 unspecified atom stereocenters. The van der Waals surface area contributed by atoms with Gasteiger partial charge in [0.15, 0.2) is 5.82 Å². The number of aromatic nitrogens is 2. The van der Waals surface area contributed by atoms with Crippen LogP contribution in [0.5, 0.6) is 5.88 Å². The van der Waals surface area contributed by atoms with Crippen LogP contribution in [0.15, 0.2) is 67.0 Å². The lowest BCUT2D eigenvalue weighted by Crippen LogP contribution is -2.27. The fourth-order valence-corrected chi connectivity index (χ4v) is 4.69. The van der Waals surface area contributed by atoms with Gasteiger partial charge in [-0.3, -0.25) is 14.3 Å². The third-order valence-corrected chi connectivity index (χ3v) is 6.59. The summed E-state index contributed by atoms with van der Waals surface area (Å²) in [6.45, 7) is 0.734. The molecule has 13 heteroatoms. The zero-order valence-corrected chi connectivity index (χ0v) is 22.2. The quantitative estimate of drug-likeness (QED) is 0.164. The van der Waals surface area contributed by atoms with Crippen molar-refractivity contribution in [2.24, 2.45) is 0 Å². The highest BCUT2D eigenvalue weighted by atomic mass is 32.2. The van der Waals surface area contributed by atoms with Crippen molar-refractivity contribution in [1.29, 1.82) is 0 Å². The summed E-state index contributed by atoms with van der Waals surface area (Å²) in [6.07, 6.45) is 6.01. The van der Waals surface area contributed by atoms with Gasteiger partial charge in [0.05, 0.1) is 24.9 Å². The topological polar surface area (TPSA) is 131 Å². The van der Waals surface area contributed by atoms with Gasteiger partial charge in [-0.05, 0) is 53.6 Å². The van der Waals surface area contributed by atoms with E-state index >= 15 is 0 Å². The van der Waals surface area contributed by atoms with Crippen molar-refractivity contribution >= 4 is 44.6 Å². The number of hydrogen-bond acceptors (Lipinski definition) is 7. The smallest absolute Gasteiger partial charge is 0.364 e. The Morgan fingerprint density at radius 3 is 2.55 bits per heavy atom. The zero-order chi connectivity index (χ0) is 28.9. The van der Waals surface area contributed by atoms with Gasteiger partial charge in [0.1, 0.15) is 11.5 Å². The zero-order valence-electron chi connectivity index (χ0n) is 21.3. The second-order valence-corrected chi connectivity index (χ2v) is 9.60. The number of carbonyl (C=O) groups excluding carboxylic acids is 1. The van der Waals surface area contributed by atoms with Gasteiger partial charge in [-0.25, -0.2) is 18.1 Å². The first-order valence-electron chi connectivity index (χ1n) is 11.7. The van der Waals surface area contributed by atoms with Crippen LogP contribution in [0.25, 0.3) is 28.1 Å².